The lowest BCUT2D eigenvalue weighted by Crippen LogP contribution is -2.15. The van der Waals surface area contributed by atoms with E-state index in [0.29, 0.717) is 17.1 Å². The zero-order chi connectivity index (χ0) is 19.2. The van der Waals surface area contributed by atoms with Crippen molar-refractivity contribution in [3.05, 3.63) is 66.1 Å². The Morgan fingerprint density at radius 1 is 1.22 bits per heavy atom. The first-order valence-electron chi connectivity index (χ1n) is 8.66. The molecule has 0 aliphatic rings. The van der Waals surface area contributed by atoms with E-state index in [1.54, 1.807) is 18.5 Å². The molecular weight excluding hydrogens is 342 g/mol. The largest absolute Gasteiger partial charge is 0.465 e. The van der Waals surface area contributed by atoms with Crippen molar-refractivity contribution in [2.24, 2.45) is 0 Å². The number of benzene rings is 1. The van der Waals surface area contributed by atoms with Crippen LogP contribution in [-0.2, 0) is 11.2 Å². The highest BCUT2D eigenvalue weighted by atomic mass is 16.5. The summed E-state index contributed by atoms with van der Waals surface area (Å²) in [6.45, 7) is 0.881. The number of aromatic nitrogens is 3. The second-order valence-corrected chi connectivity index (χ2v) is 6.37. The second kappa shape index (κ2) is 8.46. The van der Waals surface area contributed by atoms with Crippen LogP contribution in [0.1, 0.15) is 15.9 Å². The van der Waals surface area contributed by atoms with Crippen LogP contribution < -0.4 is 5.32 Å². The molecule has 2 aromatic heterocycles. The molecule has 0 aliphatic carbocycles. The van der Waals surface area contributed by atoms with Crippen molar-refractivity contribution in [3.63, 3.8) is 0 Å². The molecule has 7 nitrogen and oxygen atoms in total. The van der Waals surface area contributed by atoms with Crippen LogP contribution in [-0.4, -0.2) is 53.4 Å². The molecule has 0 unspecified atom stereocenters. The minimum Gasteiger partial charge on any atom is -0.465 e. The van der Waals surface area contributed by atoms with Crippen LogP contribution in [0.5, 0.6) is 0 Å². The Kier molecular flexibility index (Phi) is 5.83. The minimum absolute atomic E-state index is 0.417. The SMILES string of the molecule is COC(=O)c1ccncc1Nc1nn(-c2ccccc2)cc1CCN(C)C. The van der Waals surface area contributed by atoms with Crippen LogP contribution in [0.3, 0.4) is 0 Å². The zero-order valence-corrected chi connectivity index (χ0v) is 15.7. The van der Waals surface area contributed by atoms with Gasteiger partial charge in [-0.05, 0) is 38.7 Å². The van der Waals surface area contributed by atoms with Crippen molar-refractivity contribution in [1.82, 2.24) is 19.7 Å². The fourth-order valence-electron chi connectivity index (χ4n) is 2.66. The Morgan fingerprint density at radius 2 is 2.00 bits per heavy atom. The second-order valence-electron chi connectivity index (χ2n) is 6.37. The summed E-state index contributed by atoms with van der Waals surface area (Å²) >= 11 is 0. The van der Waals surface area contributed by atoms with Crippen LogP contribution in [0.25, 0.3) is 5.69 Å². The number of carbonyl (C=O) groups is 1. The topological polar surface area (TPSA) is 72.3 Å². The van der Waals surface area contributed by atoms with Gasteiger partial charge in [-0.25, -0.2) is 9.48 Å². The van der Waals surface area contributed by atoms with Gasteiger partial charge >= 0.3 is 5.97 Å². The van der Waals surface area contributed by atoms with Gasteiger partial charge in [-0.2, -0.15) is 0 Å². The summed E-state index contributed by atoms with van der Waals surface area (Å²) in [6, 6.07) is 11.5. The maximum absolute atomic E-state index is 12.0. The Bertz CT molecular complexity index is 906. The number of carbonyl (C=O) groups excluding carboxylic acids is 1. The molecule has 0 aliphatic heterocycles. The van der Waals surface area contributed by atoms with E-state index in [1.807, 2.05) is 55.3 Å². The molecule has 0 amide bonds. The smallest absolute Gasteiger partial charge is 0.340 e. The van der Waals surface area contributed by atoms with E-state index in [0.717, 1.165) is 24.2 Å². The lowest BCUT2D eigenvalue weighted by molar-refractivity contribution is 0.0602. The maximum Gasteiger partial charge on any atom is 0.340 e. The van der Waals surface area contributed by atoms with Gasteiger partial charge in [-0.15, -0.1) is 5.10 Å². The average Bonchev–Trinajstić information content (AvgIpc) is 3.09. The summed E-state index contributed by atoms with van der Waals surface area (Å²) in [4.78, 5) is 18.3. The molecule has 3 rings (SSSR count). The maximum atomic E-state index is 12.0. The number of hydrogen-bond donors (Lipinski definition) is 1. The minimum atomic E-state index is -0.419. The molecule has 0 saturated heterocycles. The Balaban J connectivity index is 1.96. The number of anilines is 2. The van der Waals surface area contributed by atoms with E-state index in [4.69, 9.17) is 4.74 Å². The molecule has 140 valence electrons. The molecular formula is C20H23N5O2. The number of rotatable bonds is 7. The Labute approximate surface area is 158 Å². The molecule has 0 atom stereocenters. The van der Waals surface area contributed by atoms with Crippen molar-refractivity contribution >= 4 is 17.5 Å². The van der Waals surface area contributed by atoms with Crippen molar-refractivity contribution in [1.29, 1.82) is 0 Å². The van der Waals surface area contributed by atoms with Gasteiger partial charge in [0.1, 0.15) is 0 Å². The number of nitrogens with one attached hydrogen (secondary N) is 1. The first-order valence-corrected chi connectivity index (χ1v) is 8.66. The highest BCUT2D eigenvalue weighted by Crippen LogP contribution is 2.24. The van der Waals surface area contributed by atoms with Gasteiger partial charge in [-0.1, -0.05) is 18.2 Å². The van der Waals surface area contributed by atoms with Crippen LogP contribution in [0.15, 0.2) is 55.0 Å². The Morgan fingerprint density at radius 3 is 2.70 bits per heavy atom. The zero-order valence-electron chi connectivity index (χ0n) is 15.7. The fourth-order valence-corrected chi connectivity index (χ4v) is 2.66. The molecule has 27 heavy (non-hydrogen) atoms. The molecule has 3 aromatic rings. The van der Waals surface area contributed by atoms with E-state index < -0.39 is 5.97 Å². The summed E-state index contributed by atoms with van der Waals surface area (Å²) in [7, 11) is 5.43. The molecule has 7 heteroatoms. The molecule has 0 bridgehead atoms. The first-order chi connectivity index (χ1) is 13.1. The number of ether oxygens (including phenoxy) is 1. The number of hydrogen-bond acceptors (Lipinski definition) is 6. The highest BCUT2D eigenvalue weighted by Gasteiger charge is 2.16. The molecule has 0 fully saturated rings. The van der Waals surface area contributed by atoms with Gasteiger partial charge in [0.15, 0.2) is 5.82 Å². The van der Waals surface area contributed by atoms with Crippen molar-refractivity contribution in [2.75, 3.05) is 33.1 Å². The molecule has 1 N–H and O–H groups in total. The lowest BCUT2D eigenvalue weighted by Gasteiger charge is -2.11. The van der Waals surface area contributed by atoms with Gasteiger partial charge in [0.25, 0.3) is 0 Å². The Hall–Kier alpha value is -3.19. The summed E-state index contributed by atoms with van der Waals surface area (Å²) in [6.07, 6.45) is 5.99. The van der Waals surface area contributed by atoms with Crippen molar-refractivity contribution in [3.8, 4) is 5.69 Å². The number of methoxy groups -OCH3 is 1. The van der Waals surface area contributed by atoms with E-state index in [1.165, 1.54) is 7.11 Å². The van der Waals surface area contributed by atoms with E-state index in [9.17, 15) is 4.79 Å². The number of para-hydroxylation sites is 1. The summed E-state index contributed by atoms with van der Waals surface area (Å²) in [5.41, 5.74) is 3.00. The van der Waals surface area contributed by atoms with Crippen LogP contribution >= 0.6 is 0 Å². The van der Waals surface area contributed by atoms with Gasteiger partial charge in [-0.3, -0.25) is 4.98 Å². The third kappa shape index (κ3) is 4.51. The number of esters is 1. The third-order valence-electron chi connectivity index (χ3n) is 4.12. The number of likely N-dealkylation sites (N-methyl/N-ethyl adjacent to an activating group) is 1. The van der Waals surface area contributed by atoms with Gasteiger partial charge < -0.3 is 15.0 Å². The lowest BCUT2D eigenvalue weighted by atomic mass is 10.2. The van der Waals surface area contributed by atoms with Crippen LogP contribution in [0.4, 0.5) is 11.5 Å². The molecule has 0 saturated carbocycles. The monoisotopic (exact) mass is 365 g/mol. The number of nitrogens with zero attached hydrogens (tertiary/aromatic N) is 4. The van der Waals surface area contributed by atoms with Crippen LogP contribution in [0.2, 0.25) is 0 Å². The van der Waals surface area contributed by atoms with Crippen molar-refractivity contribution < 1.29 is 9.53 Å². The average molecular weight is 365 g/mol. The third-order valence-corrected chi connectivity index (χ3v) is 4.12. The quantitative estimate of drug-likeness (QED) is 0.649. The predicted molar refractivity (Wildman–Crippen MR) is 105 cm³/mol. The highest BCUT2D eigenvalue weighted by molar-refractivity contribution is 5.96. The predicted octanol–water partition coefficient (Wildman–Crippen LogP) is 2.90. The normalized spacial score (nSPS) is 10.8. The van der Waals surface area contributed by atoms with Gasteiger partial charge in [0.2, 0.25) is 0 Å². The summed E-state index contributed by atoms with van der Waals surface area (Å²) in [5, 5.41) is 7.94. The molecule has 0 radical (unpaired) electrons. The van der Waals surface area contributed by atoms with Crippen LogP contribution in [0, 0.1) is 0 Å². The summed E-state index contributed by atoms with van der Waals surface area (Å²) in [5.74, 6) is 0.274. The van der Waals surface area contributed by atoms with E-state index in [2.05, 4.69) is 20.3 Å². The first kappa shape index (κ1) is 18.6. The van der Waals surface area contributed by atoms with E-state index >= 15 is 0 Å². The number of pyridine rings is 1. The van der Waals surface area contributed by atoms with E-state index in [-0.39, 0.29) is 0 Å². The molecule has 0 spiro atoms. The molecule has 2 heterocycles. The van der Waals surface area contributed by atoms with Gasteiger partial charge in [0.05, 0.1) is 30.2 Å². The fraction of sp³-hybridized carbons (Fsp3) is 0.250. The molecule has 1 aromatic carbocycles. The standard InChI is InChI=1S/C20H23N5O2/c1-24(2)12-10-15-14-25(16-7-5-4-6-8-16)23-19(15)22-18-13-21-11-9-17(18)20(26)27-3/h4-9,11,13-14H,10,12H2,1-3H3,(H,22,23). The summed E-state index contributed by atoms with van der Waals surface area (Å²) < 4.78 is 6.69. The van der Waals surface area contributed by atoms with Crippen molar-refractivity contribution in [2.45, 2.75) is 6.42 Å². The van der Waals surface area contributed by atoms with Gasteiger partial charge in [0, 0.05) is 24.5 Å².